The van der Waals surface area contributed by atoms with Gasteiger partial charge in [0.25, 0.3) is 5.91 Å². The fourth-order valence-corrected chi connectivity index (χ4v) is 3.53. The van der Waals surface area contributed by atoms with Gasteiger partial charge in [-0.2, -0.15) is 0 Å². The van der Waals surface area contributed by atoms with Gasteiger partial charge in [0.2, 0.25) is 0 Å². The van der Waals surface area contributed by atoms with Crippen molar-refractivity contribution in [3.63, 3.8) is 0 Å². The lowest BCUT2D eigenvalue weighted by atomic mass is 10.1. The summed E-state index contributed by atoms with van der Waals surface area (Å²) in [5.74, 6) is -0.0794. The summed E-state index contributed by atoms with van der Waals surface area (Å²) in [6.07, 6.45) is 0. The van der Waals surface area contributed by atoms with E-state index in [4.69, 9.17) is 0 Å². The fraction of sp³-hybridized carbons (Fsp3) is 0.208. The highest BCUT2D eigenvalue weighted by atomic mass is 16.1. The number of carbonyl (C=O) groups excluding carboxylic acids is 1. The summed E-state index contributed by atoms with van der Waals surface area (Å²) >= 11 is 0. The van der Waals surface area contributed by atoms with E-state index >= 15 is 0 Å². The molecule has 4 heteroatoms. The minimum absolute atomic E-state index is 0.0794. The van der Waals surface area contributed by atoms with Crippen molar-refractivity contribution in [1.82, 2.24) is 0 Å². The summed E-state index contributed by atoms with van der Waals surface area (Å²) < 4.78 is 0. The summed E-state index contributed by atoms with van der Waals surface area (Å²) in [5.41, 5.74) is 5.12. The SMILES string of the molecule is Cc1ccc(C(=O)Nc2ccc(N3CCN(c4ccccc4)CC3)cc2)cc1. The van der Waals surface area contributed by atoms with Crippen molar-refractivity contribution in [2.24, 2.45) is 0 Å². The zero-order valence-electron chi connectivity index (χ0n) is 16.1. The van der Waals surface area contributed by atoms with E-state index in [2.05, 4.69) is 57.6 Å². The van der Waals surface area contributed by atoms with Crippen molar-refractivity contribution >= 4 is 23.0 Å². The van der Waals surface area contributed by atoms with Gasteiger partial charge in [-0.25, -0.2) is 0 Å². The standard InChI is InChI=1S/C24H25N3O/c1-19-7-9-20(10-8-19)24(28)25-21-11-13-23(14-12-21)27-17-15-26(16-18-27)22-5-3-2-4-6-22/h2-14H,15-18H2,1H3,(H,25,28). The maximum absolute atomic E-state index is 12.4. The van der Waals surface area contributed by atoms with Gasteiger partial charge in [0.1, 0.15) is 0 Å². The van der Waals surface area contributed by atoms with Gasteiger partial charge in [-0.1, -0.05) is 35.9 Å². The highest BCUT2D eigenvalue weighted by Crippen LogP contribution is 2.22. The molecular formula is C24H25N3O. The molecule has 28 heavy (non-hydrogen) atoms. The molecule has 0 atom stereocenters. The fourth-order valence-electron chi connectivity index (χ4n) is 3.53. The Morgan fingerprint density at radius 3 is 1.82 bits per heavy atom. The maximum Gasteiger partial charge on any atom is 0.255 e. The Balaban J connectivity index is 1.35. The number of nitrogens with one attached hydrogen (secondary N) is 1. The van der Waals surface area contributed by atoms with Crippen LogP contribution in [0.15, 0.2) is 78.9 Å². The summed E-state index contributed by atoms with van der Waals surface area (Å²) in [7, 11) is 0. The number of nitrogens with zero attached hydrogens (tertiary/aromatic N) is 2. The number of rotatable bonds is 4. The van der Waals surface area contributed by atoms with Crippen molar-refractivity contribution in [3.05, 3.63) is 90.0 Å². The molecule has 1 saturated heterocycles. The summed E-state index contributed by atoms with van der Waals surface area (Å²) in [6, 6.07) is 26.3. The number of anilines is 3. The van der Waals surface area contributed by atoms with Crippen LogP contribution in [0, 0.1) is 6.92 Å². The van der Waals surface area contributed by atoms with Gasteiger partial charge in [-0.3, -0.25) is 4.79 Å². The van der Waals surface area contributed by atoms with E-state index in [0.717, 1.165) is 37.4 Å². The van der Waals surface area contributed by atoms with E-state index in [1.165, 1.54) is 11.4 Å². The third-order valence-corrected chi connectivity index (χ3v) is 5.21. The largest absolute Gasteiger partial charge is 0.368 e. The zero-order chi connectivity index (χ0) is 19.3. The molecule has 4 rings (SSSR count). The number of hydrogen-bond donors (Lipinski definition) is 1. The van der Waals surface area contributed by atoms with Crippen LogP contribution < -0.4 is 15.1 Å². The van der Waals surface area contributed by atoms with Crippen LogP contribution in [0.1, 0.15) is 15.9 Å². The van der Waals surface area contributed by atoms with Crippen LogP contribution >= 0.6 is 0 Å². The number of carbonyl (C=O) groups is 1. The Kier molecular flexibility index (Phi) is 5.29. The Labute approximate surface area is 166 Å². The number of piperazine rings is 1. The second-order valence-corrected chi connectivity index (χ2v) is 7.18. The Bertz CT molecular complexity index is 912. The summed E-state index contributed by atoms with van der Waals surface area (Å²) in [4.78, 5) is 17.2. The van der Waals surface area contributed by atoms with Crippen LogP contribution in [-0.2, 0) is 0 Å². The van der Waals surface area contributed by atoms with Crippen LogP contribution in [0.5, 0.6) is 0 Å². The molecule has 0 aromatic heterocycles. The first-order chi connectivity index (χ1) is 13.7. The highest BCUT2D eigenvalue weighted by Gasteiger charge is 2.17. The number of benzene rings is 3. The van der Waals surface area contributed by atoms with E-state index in [0.29, 0.717) is 5.56 Å². The second-order valence-electron chi connectivity index (χ2n) is 7.18. The molecule has 0 radical (unpaired) electrons. The third kappa shape index (κ3) is 4.17. The molecule has 0 spiro atoms. The molecule has 1 aliphatic heterocycles. The first-order valence-corrected chi connectivity index (χ1v) is 9.72. The zero-order valence-corrected chi connectivity index (χ0v) is 16.1. The van der Waals surface area contributed by atoms with Crippen molar-refractivity contribution in [3.8, 4) is 0 Å². The normalized spacial score (nSPS) is 14.0. The van der Waals surface area contributed by atoms with Gasteiger partial charge in [-0.05, 0) is 55.5 Å². The first kappa shape index (κ1) is 18.1. The number of hydrogen-bond acceptors (Lipinski definition) is 3. The molecule has 0 aliphatic carbocycles. The van der Waals surface area contributed by atoms with E-state index in [1.807, 2.05) is 43.3 Å². The number of para-hydroxylation sites is 1. The van der Waals surface area contributed by atoms with Gasteiger partial charge < -0.3 is 15.1 Å². The monoisotopic (exact) mass is 371 g/mol. The van der Waals surface area contributed by atoms with E-state index < -0.39 is 0 Å². The van der Waals surface area contributed by atoms with Gasteiger partial charge in [0, 0.05) is 48.8 Å². The van der Waals surface area contributed by atoms with E-state index in [1.54, 1.807) is 0 Å². The predicted octanol–water partition coefficient (Wildman–Crippen LogP) is 4.57. The van der Waals surface area contributed by atoms with Gasteiger partial charge in [0.05, 0.1) is 0 Å². The van der Waals surface area contributed by atoms with Gasteiger partial charge in [-0.15, -0.1) is 0 Å². The minimum Gasteiger partial charge on any atom is -0.368 e. The predicted molar refractivity (Wildman–Crippen MR) is 116 cm³/mol. The maximum atomic E-state index is 12.4. The molecule has 0 unspecified atom stereocenters. The summed E-state index contributed by atoms with van der Waals surface area (Å²) in [5, 5.41) is 2.97. The van der Waals surface area contributed by atoms with Gasteiger partial charge in [0.15, 0.2) is 0 Å². The van der Waals surface area contributed by atoms with Crippen LogP contribution in [0.4, 0.5) is 17.1 Å². The lowest BCUT2D eigenvalue weighted by Crippen LogP contribution is -2.46. The average Bonchev–Trinajstić information content (AvgIpc) is 2.75. The highest BCUT2D eigenvalue weighted by molar-refractivity contribution is 6.04. The molecule has 1 N–H and O–H groups in total. The smallest absolute Gasteiger partial charge is 0.255 e. The molecule has 0 bridgehead atoms. The third-order valence-electron chi connectivity index (χ3n) is 5.21. The lowest BCUT2D eigenvalue weighted by molar-refractivity contribution is 0.102. The molecule has 1 fully saturated rings. The van der Waals surface area contributed by atoms with Crippen molar-refractivity contribution in [1.29, 1.82) is 0 Å². The molecule has 1 heterocycles. The van der Waals surface area contributed by atoms with E-state index in [-0.39, 0.29) is 5.91 Å². The van der Waals surface area contributed by atoms with Crippen molar-refractivity contribution in [2.45, 2.75) is 6.92 Å². The quantitative estimate of drug-likeness (QED) is 0.729. The number of aryl methyl sites for hydroxylation is 1. The lowest BCUT2D eigenvalue weighted by Gasteiger charge is -2.37. The molecule has 0 saturated carbocycles. The molecule has 1 aliphatic rings. The van der Waals surface area contributed by atoms with Crippen molar-refractivity contribution in [2.75, 3.05) is 41.3 Å². The Morgan fingerprint density at radius 1 is 0.714 bits per heavy atom. The molecule has 4 nitrogen and oxygen atoms in total. The van der Waals surface area contributed by atoms with E-state index in [9.17, 15) is 4.79 Å². The first-order valence-electron chi connectivity index (χ1n) is 9.72. The minimum atomic E-state index is -0.0794. The van der Waals surface area contributed by atoms with Crippen LogP contribution in [0.25, 0.3) is 0 Å². The molecular weight excluding hydrogens is 346 g/mol. The molecule has 142 valence electrons. The molecule has 3 aromatic rings. The average molecular weight is 371 g/mol. The van der Waals surface area contributed by atoms with Crippen molar-refractivity contribution < 1.29 is 4.79 Å². The van der Waals surface area contributed by atoms with Crippen LogP contribution in [0.2, 0.25) is 0 Å². The topological polar surface area (TPSA) is 35.6 Å². The van der Waals surface area contributed by atoms with Crippen LogP contribution in [0.3, 0.4) is 0 Å². The Hall–Kier alpha value is -3.27. The van der Waals surface area contributed by atoms with Crippen LogP contribution in [-0.4, -0.2) is 32.1 Å². The Morgan fingerprint density at radius 2 is 1.25 bits per heavy atom. The molecule has 3 aromatic carbocycles. The van der Waals surface area contributed by atoms with Gasteiger partial charge >= 0.3 is 0 Å². The summed E-state index contributed by atoms with van der Waals surface area (Å²) in [6.45, 7) is 6.01. The number of amides is 1. The molecule has 1 amide bonds. The second kappa shape index (κ2) is 8.17.